The molecule has 0 aliphatic carbocycles. The largest absolute Gasteiger partial charge is 0.271 e. The van der Waals surface area contributed by atoms with Crippen LogP contribution in [0.2, 0.25) is 0 Å². The lowest BCUT2D eigenvalue weighted by Crippen LogP contribution is -2.36. The standard InChI is InChI=1S/C15H26N2/c1-12(2)7-6-10-15(17-16)11-14-9-5-4-8-13(14)3/h4-5,8-9,12,15,17H,6-7,10-11,16H2,1-3H3. The summed E-state index contributed by atoms with van der Waals surface area (Å²) in [6.07, 6.45) is 4.72. The molecule has 1 aromatic rings. The van der Waals surface area contributed by atoms with Crippen LogP contribution in [-0.2, 0) is 6.42 Å². The number of nitrogens with one attached hydrogen (secondary N) is 1. The van der Waals surface area contributed by atoms with E-state index in [9.17, 15) is 0 Å². The lowest BCUT2D eigenvalue weighted by Gasteiger charge is -2.17. The Morgan fingerprint density at radius 3 is 2.47 bits per heavy atom. The van der Waals surface area contributed by atoms with Crippen molar-refractivity contribution in [2.24, 2.45) is 11.8 Å². The summed E-state index contributed by atoms with van der Waals surface area (Å²) >= 11 is 0. The smallest absolute Gasteiger partial charge is 0.0251 e. The zero-order chi connectivity index (χ0) is 12.7. The minimum absolute atomic E-state index is 0.398. The topological polar surface area (TPSA) is 38.0 Å². The number of nitrogens with two attached hydrogens (primary N) is 1. The fourth-order valence-electron chi connectivity index (χ4n) is 2.12. The second kappa shape index (κ2) is 7.46. The summed E-state index contributed by atoms with van der Waals surface area (Å²) in [6.45, 7) is 6.70. The van der Waals surface area contributed by atoms with Crippen molar-refractivity contribution in [2.75, 3.05) is 0 Å². The maximum absolute atomic E-state index is 5.64. The van der Waals surface area contributed by atoms with Gasteiger partial charge in [-0.15, -0.1) is 0 Å². The summed E-state index contributed by atoms with van der Waals surface area (Å²) in [5, 5.41) is 0. The van der Waals surface area contributed by atoms with E-state index >= 15 is 0 Å². The third kappa shape index (κ3) is 5.33. The second-order valence-electron chi connectivity index (χ2n) is 5.32. The SMILES string of the molecule is Cc1ccccc1CC(CCCC(C)C)NN. The van der Waals surface area contributed by atoms with Gasteiger partial charge in [0.1, 0.15) is 0 Å². The van der Waals surface area contributed by atoms with Crippen LogP contribution < -0.4 is 11.3 Å². The number of rotatable bonds is 7. The molecule has 0 bridgehead atoms. The van der Waals surface area contributed by atoms with Gasteiger partial charge in [-0.3, -0.25) is 11.3 Å². The summed E-state index contributed by atoms with van der Waals surface area (Å²) in [5.41, 5.74) is 5.71. The summed E-state index contributed by atoms with van der Waals surface area (Å²) in [5.74, 6) is 6.42. The van der Waals surface area contributed by atoms with E-state index in [1.165, 1.54) is 24.0 Å². The molecule has 0 heterocycles. The highest BCUT2D eigenvalue weighted by molar-refractivity contribution is 5.26. The molecule has 0 radical (unpaired) electrons. The van der Waals surface area contributed by atoms with Crippen LogP contribution in [-0.4, -0.2) is 6.04 Å². The molecular weight excluding hydrogens is 208 g/mol. The molecule has 17 heavy (non-hydrogen) atoms. The molecule has 0 saturated carbocycles. The molecule has 1 atom stereocenters. The van der Waals surface area contributed by atoms with Crippen molar-refractivity contribution < 1.29 is 0 Å². The van der Waals surface area contributed by atoms with Crippen molar-refractivity contribution >= 4 is 0 Å². The summed E-state index contributed by atoms with van der Waals surface area (Å²) in [7, 11) is 0. The van der Waals surface area contributed by atoms with E-state index in [4.69, 9.17) is 5.84 Å². The first-order chi connectivity index (χ1) is 8.13. The van der Waals surface area contributed by atoms with E-state index in [2.05, 4.69) is 50.5 Å². The van der Waals surface area contributed by atoms with E-state index < -0.39 is 0 Å². The van der Waals surface area contributed by atoms with Gasteiger partial charge in [-0.2, -0.15) is 0 Å². The Morgan fingerprint density at radius 1 is 1.18 bits per heavy atom. The monoisotopic (exact) mass is 234 g/mol. The minimum atomic E-state index is 0.398. The molecule has 2 nitrogen and oxygen atoms in total. The van der Waals surface area contributed by atoms with E-state index in [-0.39, 0.29) is 0 Å². The summed E-state index contributed by atoms with van der Waals surface area (Å²) in [6, 6.07) is 8.95. The van der Waals surface area contributed by atoms with Crippen molar-refractivity contribution in [1.82, 2.24) is 5.43 Å². The van der Waals surface area contributed by atoms with Crippen LogP contribution in [0.3, 0.4) is 0 Å². The molecular formula is C15H26N2. The summed E-state index contributed by atoms with van der Waals surface area (Å²) < 4.78 is 0. The van der Waals surface area contributed by atoms with Crippen LogP contribution in [0.1, 0.15) is 44.2 Å². The average molecular weight is 234 g/mol. The van der Waals surface area contributed by atoms with Crippen LogP contribution in [0.15, 0.2) is 24.3 Å². The van der Waals surface area contributed by atoms with Gasteiger partial charge in [0.25, 0.3) is 0 Å². The maximum Gasteiger partial charge on any atom is 0.0251 e. The van der Waals surface area contributed by atoms with Gasteiger partial charge in [0.15, 0.2) is 0 Å². The molecule has 0 spiro atoms. The zero-order valence-corrected chi connectivity index (χ0v) is 11.4. The van der Waals surface area contributed by atoms with Crippen LogP contribution in [0.5, 0.6) is 0 Å². The first kappa shape index (κ1) is 14.2. The normalized spacial score (nSPS) is 13.0. The number of hydrogen-bond donors (Lipinski definition) is 2. The lowest BCUT2D eigenvalue weighted by molar-refractivity contribution is 0.441. The van der Waals surface area contributed by atoms with Gasteiger partial charge in [0.05, 0.1) is 0 Å². The van der Waals surface area contributed by atoms with E-state index in [0.29, 0.717) is 6.04 Å². The summed E-state index contributed by atoms with van der Waals surface area (Å²) in [4.78, 5) is 0. The molecule has 1 rings (SSSR count). The van der Waals surface area contributed by atoms with Crippen LogP contribution in [0.4, 0.5) is 0 Å². The molecule has 0 aromatic heterocycles. The zero-order valence-electron chi connectivity index (χ0n) is 11.4. The Bertz CT molecular complexity index is 320. The molecule has 0 amide bonds. The van der Waals surface area contributed by atoms with Gasteiger partial charge in [0, 0.05) is 6.04 Å². The highest BCUT2D eigenvalue weighted by Crippen LogP contribution is 2.14. The van der Waals surface area contributed by atoms with Crippen LogP contribution in [0.25, 0.3) is 0 Å². The molecule has 0 aliphatic rings. The van der Waals surface area contributed by atoms with E-state index in [1.54, 1.807) is 0 Å². The first-order valence-corrected chi connectivity index (χ1v) is 6.64. The van der Waals surface area contributed by atoms with Gasteiger partial charge in [-0.1, -0.05) is 51.0 Å². The molecule has 0 saturated heterocycles. The Hall–Kier alpha value is -0.860. The number of hydrazine groups is 1. The van der Waals surface area contributed by atoms with Gasteiger partial charge >= 0.3 is 0 Å². The number of aryl methyl sites for hydroxylation is 1. The first-order valence-electron chi connectivity index (χ1n) is 6.64. The Balaban J connectivity index is 2.44. The quantitative estimate of drug-likeness (QED) is 0.561. The van der Waals surface area contributed by atoms with Crippen molar-refractivity contribution in [3.05, 3.63) is 35.4 Å². The highest BCUT2D eigenvalue weighted by Gasteiger charge is 2.09. The van der Waals surface area contributed by atoms with Gasteiger partial charge in [-0.25, -0.2) is 0 Å². The Kier molecular flexibility index (Phi) is 6.23. The molecule has 96 valence electrons. The molecule has 3 N–H and O–H groups in total. The van der Waals surface area contributed by atoms with Gasteiger partial charge < -0.3 is 0 Å². The predicted molar refractivity (Wildman–Crippen MR) is 74.7 cm³/mol. The molecule has 0 aliphatic heterocycles. The minimum Gasteiger partial charge on any atom is -0.271 e. The molecule has 1 aromatic carbocycles. The average Bonchev–Trinajstić information content (AvgIpc) is 2.30. The van der Waals surface area contributed by atoms with Crippen molar-refractivity contribution in [1.29, 1.82) is 0 Å². The molecule has 0 fully saturated rings. The maximum atomic E-state index is 5.64. The van der Waals surface area contributed by atoms with Crippen LogP contribution >= 0.6 is 0 Å². The van der Waals surface area contributed by atoms with Gasteiger partial charge in [-0.05, 0) is 36.8 Å². The fourth-order valence-corrected chi connectivity index (χ4v) is 2.12. The number of benzene rings is 1. The third-order valence-corrected chi connectivity index (χ3v) is 3.30. The second-order valence-corrected chi connectivity index (χ2v) is 5.32. The van der Waals surface area contributed by atoms with Gasteiger partial charge in [0.2, 0.25) is 0 Å². The van der Waals surface area contributed by atoms with Crippen molar-refractivity contribution in [2.45, 2.75) is 52.5 Å². The van der Waals surface area contributed by atoms with Crippen molar-refractivity contribution in [3.8, 4) is 0 Å². The van der Waals surface area contributed by atoms with Crippen molar-refractivity contribution in [3.63, 3.8) is 0 Å². The fraction of sp³-hybridized carbons (Fsp3) is 0.600. The highest BCUT2D eigenvalue weighted by atomic mass is 15.2. The third-order valence-electron chi connectivity index (χ3n) is 3.30. The Morgan fingerprint density at radius 2 is 1.88 bits per heavy atom. The molecule has 1 unspecified atom stereocenters. The van der Waals surface area contributed by atoms with E-state index in [0.717, 1.165) is 18.8 Å². The lowest BCUT2D eigenvalue weighted by atomic mass is 9.96. The van der Waals surface area contributed by atoms with Crippen LogP contribution in [0, 0.1) is 12.8 Å². The van der Waals surface area contributed by atoms with E-state index in [1.807, 2.05) is 0 Å². The number of hydrogen-bond acceptors (Lipinski definition) is 2. The molecule has 2 heteroatoms. The Labute approximate surface area is 106 Å². The predicted octanol–water partition coefficient (Wildman–Crippen LogP) is 3.20.